The molecule has 25 heavy (non-hydrogen) atoms. The highest BCUT2D eigenvalue weighted by Gasteiger charge is 2.64. The van der Waals surface area contributed by atoms with Gasteiger partial charge in [0.1, 0.15) is 11.6 Å². The lowest BCUT2D eigenvalue weighted by Crippen LogP contribution is -2.57. The van der Waals surface area contributed by atoms with E-state index in [1.165, 1.54) is 7.11 Å². The molecule has 0 aromatic carbocycles. The highest BCUT2D eigenvalue weighted by molar-refractivity contribution is 5.87. The van der Waals surface area contributed by atoms with E-state index in [1.807, 2.05) is 0 Å². The van der Waals surface area contributed by atoms with Crippen molar-refractivity contribution in [3.05, 3.63) is 0 Å². The van der Waals surface area contributed by atoms with Crippen LogP contribution in [0, 0.1) is 40.4 Å². The minimum Gasteiger partial charge on any atom is -0.469 e. The summed E-state index contributed by atoms with van der Waals surface area (Å²) >= 11 is 0. The molecule has 4 saturated carbocycles. The molecule has 0 spiro atoms. The molecule has 0 aromatic rings. The zero-order chi connectivity index (χ0) is 18.0. The van der Waals surface area contributed by atoms with Crippen LogP contribution in [0.25, 0.3) is 0 Å². The van der Waals surface area contributed by atoms with Crippen molar-refractivity contribution in [2.24, 2.45) is 40.4 Å². The van der Waals surface area contributed by atoms with Gasteiger partial charge in [-0.25, -0.2) is 0 Å². The van der Waals surface area contributed by atoms with E-state index in [0.717, 1.165) is 32.1 Å². The largest absolute Gasteiger partial charge is 0.469 e. The number of carbonyl (C=O) groups is 3. The van der Waals surface area contributed by atoms with E-state index in [-0.39, 0.29) is 28.6 Å². The van der Waals surface area contributed by atoms with Crippen molar-refractivity contribution in [1.82, 2.24) is 0 Å². The Hall–Kier alpha value is -1.19. The molecule has 0 amide bonds. The third-order valence-electron chi connectivity index (χ3n) is 8.65. The first kappa shape index (κ1) is 17.2. The lowest BCUT2D eigenvalue weighted by atomic mass is 9.44. The molecular weight excluding hydrogens is 316 g/mol. The molecular formula is C21H30O4. The molecule has 0 heterocycles. The number of methoxy groups -OCH3 is 1. The van der Waals surface area contributed by atoms with Gasteiger partial charge in [-0.05, 0) is 60.7 Å². The molecule has 0 N–H and O–H groups in total. The van der Waals surface area contributed by atoms with Gasteiger partial charge in [0, 0.05) is 25.2 Å². The summed E-state index contributed by atoms with van der Waals surface area (Å²) < 4.78 is 5.05. The summed E-state index contributed by atoms with van der Waals surface area (Å²) in [5.74, 6) is 1.74. The Labute approximate surface area is 150 Å². The summed E-state index contributed by atoms with van der Waals surface area (Å²) in [6.07, 6.45) is 6.66. The minimum atomic E-state index is -0.237. The number of ketones is 2. The molecule has 4 rings (SSSR count). The molecule has 0 aliphatic heterocycles. The maximum atomic E-state index is 13.3. The zero-order valence-corrected chi connectivity index (χ0v) is 15.7. The quantitative estimate of drug-likeness (QED) is 0.681. The predicted octanol–water partition coefficient (Wildman–Crippen LogP) is 3.57. The lowest BCUT2D eigenvalue weighted by Gasteiger charge is -2.59. The van der Waals surface area contributed by atoms with Crippen molar-refractivity contribution < 1.29 is 19.1 Å². The van der Waals surface area contributed by atoms with Gasteiger partial charge in [-0.1, -0.05) is 13.8 Å². The van der Waals surface area contributed by atoms with Gasteiger partial charge in [-0.15, -0.1) is 0 Å². The molecule has 4 fully saturated rings. The molecule has 0 unspecified atom stereocenters. The molecule has 0 saturated heterocycles. The van der Waals surface area contributed by atoms with Crippen molar-refractivity contribution in [2.45, 2.75) is 65.2 Å². The summed E-state index contributed by atoms with van der Waals surface area (Å²) in [6, 6.07) is 0. The topological polar surface area (TPSA) is 60.4 Å². The molecule has 4 aliphatic carbocycles. The van der Waals surface area contributed by atoms with Gasteiger partial charge in [-0.3, -0.25) is 14.4 Å². The third kappa shape index (κ3) is 2.28. The van der Waals surface area contributed by atoms with Crippen molar-refractivity contribution in [3.8, 4) is 0 Å². The Balaban J connectivity index is 1.67. The Morgan fingerprint density at radius 3 is 2.56 bits per heavy atom. The number of hydrogen-bond acceptors (Lipinski definition) is 4. The monoisotopic (exact) mass is 346 g/mol. The van der Waals surface area contributed by atoms with E-state index in [4.69, 9.17) is 4.74 Å². The molecule has 138 valence electrons. The SMILES string of the molecule is COC(=O)[C@H]1CC[C@H]2[C@@H]3CC[C@@H]4CC(=O)CC[C@]4(C)[C@H]3C(=O)C[C@]12C. The van der Waals surface area contributed by atoms with Gasteiger partial charge < -0.3 is 4.74 Å². The Kier molecular flexibility index (Phi) is 3.90. The molecule has 4 heteroatoms. The average molecular weight is 346 g/mol. The van der Waals surface area contributed by atoms with Gasteiger partial charge >= 0.3 is 5.97 Å². The molecule has 4 aliphatic rings. The van der Waals surface area contributed by atoms with Gasteiger partial charge in [0.15, 0.2) is 0 Å². The summed E-state index contributed by atoms with van der Waals surface area (Å²) in [7, 11) is 1.46. The van der Waals surface area contributed by atoms with Crippen LogP contribution in [0.15, 0.2) is 0 Å². The number of Topliss-reactive ketones (excluding diaryl/α,β-unsaturated/α-hetero) is 2. The number of fused-ring (bicyclic) bond motifs is 5. The van der Waals surface area contributed by atoms with Gasteiger partial charge in [0.25, 0.3) is 0 Å². The Morgan fingerprint density at radius 1 is 1.08 bits per heavy atom. The van der Waals surface area contributed by atoms with Crippen molar-refractivity contribution in [3.63, 3.8) is 0 Å². The standard InChI is InChI=1S/C21H30O4/c1-20-9-8-13(22)10-12(20)4-5-14-15-6-7-16(19(24)25-3)21(15,2)11-17(23)18(14)20/h12,14-16,18H,4-11H2,1-3H3/t12-,14+,15+,16-,18-,20+,21+/m1/s1. The molecule has 0 bridgehead atoms. The first-order valence-corrected chi connectivity index (χ1v) is 9.93. The van der Waals surface area contributed by atoms with E-state index in [2.05, 4.69) is 13.8 Å². The predicted molar refractivity (Wildman–Crippen MR) is 92.6 cm³/mol. The zero-order valence-electron chi connectivity index (χ0n) is 15.7. The van der Waals surface area contributed by atoms with Gasteiger partial charge in [0.2, 0.25) is 0 Å². The van der Waals surface area contributed by atoms with Crippen LogP contribution in [0.1, 0.15) is 65.2 Å². The van der Waals surface area contributed by atoms with Crippen LogP contribution in [0.3, 0.4) is 0 Å². The number of hydrogen-bond donors (Lipinski definition) is 0. The average Bonchev–Trinajstić information content (AvgIpc) is 2.91. The first-order valence-electron chi connectivity index (χ1n) is 9.93. The minimum absolute atomic E-state index is 0.0153. The maximum Gasteiger partial charge on any atom is 0.309 e. The summed E-state index contributed by atoms with van der Waals surface area (Å²) in [6.45, 7) is 4.42. The van der Waals surface area contributed by atoms with Crippen LogP contribution in [0.2, 0.25) is 0 Å². The highest BCUT2D eigenvalue weighted by atomic mass is 16.5. The van der Waals surface area contributed by atoms with Crippen molar-refractivity contribution in [2.75, 3.05) is 7.11 Å². The van der Waals surface area contributed by atoms with E-state index in [9.17, 15) is 14.4 Å². The normalized spacial score (nSPS) is 49.2. The van der Waals surface area contributed by atoms with E-state index >= 15 is 0 Å². The highest BCUT2D eigenvalue weighted by Crippen LogP contribution is 2.66. The summed E-state index contributed by atoms with van der Waals surface area (Å²) in [4.78, 5) is 37.6. The number of ether oxygens (including phenoxy) is 1. The molecule has 0 aromatic heterocycles. The van der Waals surface area contributed by atoms with E-state index in [1.54, 1.807) is 0 Å². The second-order valence-corrected chi connectivity index (χ2v) is 9.57. The third-order valence-corrected chi connectivity index (χ3v) is 8.65. The van der Waals surface area contributed by atoms with Crippen molar-refractivity contribution >= 4 is 17.5 Å². The van der Waals surface area contributed by atoms with E-state index in [0.29, 0.717) is 48.6 Å². The fourth-order valence-corrected chi connectivity index (χ4v) is 7.39. The fraction of sp³-hybridized carbons (Fsp3) is 0.857. The van der Waals surface area contributed by atoms with Crippen LogP contribution >= 0.6 is 0 Å². The molecule has 0 radical (unpaired) electrons. The van der Waals surface area contributed by atoms with Crippen LogP contribution in [-0.2, 0) is 19.1 Å². The summed E-state index contributed by atoms with van der Waals surface area (Å²) in [5, 5.41) is 0. The maximum absolute atomic E-state index is 13.3. The second kappa shape index (κ2) is 5.65. The van der Waals surface area contributed by atoms with E-state index < -0.39 is 0 Å². The Morgan fingerprint density at radius 2 is 1.84 bits per heavy atom. The fourth-order valence-electron chi connectivity index (χ4n) is 7.39. The molecule has 4 nitrogen and oxygen atoms in total. The lowest BCUT2D eigenvalue weighted by molar-refractivity contribution is -0.165. The van der Waals surface area contributed by atoms with Crippen LogP contribution in [-0.4, -0.2) is 24.6 Å². The van der Waals surface area contributed by atoms with Crippen LogP contribution in [0.5, 0.6) is 0 Å². The van der Waals surface area contributed by atoms with Crippen molar-refractivity contribution in [1.29, 1.82) is 0 Å². The smallest absolute Gasteiger partial charge is 0.309 e. The van der Waals surface area contributed by atoms with Gasteiger partial charge in [0.05, 0.1) is 13.0 Å². The van der Waals surface area contributed by atoms with Crippen LogP contribution < -0.4 is 0 Å². The second-order valence-electron chi connectivity index (χ2n) is 9.57. The number of esters is 1. The Bertz CT molecular complexity index is 625. The first-order chi connectivity index (χ1) is 11.8. The number of rotatable bonds is 1. The number of carbonyl (C=O) groups excluding carboxylic acids is 3. The van der Waals surface area contributed by atoms with Crippen LogP contribution in [0.4, 0.5) is 0 Å². The molecule has 7 atom stereocenters. The van der Waals surface area contributed by atoms with Gasteiger partial charge in [-0.2, -0.15) is 0 Å². The summed E-state index contributed by atoms with van der Waals surface area (Å²) in [5.41, 5.74) is -0.252.